The Morgan fingerprint density at radius 1 is 1.12 bits per heavy atom. The summed E-state index contributed by atoms with van der Waals surface area (Å²) in [6.45, 7) is 6.32. The molecule has 128 valence electrons. The van der Waals surface area contributed by atoms with E-state index in [9.17, 15) is 14.7 Å². The second kappa shape index (κ2) is 5.77. The minimum absolute atomic E-state index is 0.0560. The van der Waals surface area contributed by atoms with Gasteiger partial charge in [0.25, 0.3) is 5.91 Å². The molecule has 0 unspecified atom stereocenters. The van der Waals surface area contributed by atoms with Crippen molar-refractivity contribution in [2.75, 3.05) is 0 Å². The molecular weight excluding hydrogens is 316 g/mol. The van der Waals surface area contributed by atoms with Gasteiger partial charge in [-0.3, -0.25) is 9.59 Å². The summed E-state index contributed by atoms with van der Waals surface area (Å²) in [5, 5.41) is 10.2. The molecule has 3 aromatic rings. The summed E-state index contributed by atoms with van der Waals surface area (Å²) in [4.78, 5) is 24.2. The molecule has 0 aliphatic carbocycles. The number of carbonyl (C=O) groups is 1. The fourth-order valence-corrected chi connectivity index (χ4v) is 2.87. The summed E-state index contributed by atoms with van der Waals surface area (Å²) in [6, 6.07) is 12.6. The zero-order valence-corrected chi connectivity index (χ0v) is 14.4. The van der Waals surface area contributed by atoms with Crippen molar-refractivity contribution < 1.29 is 9.90 Å². The number of fused-ring (bicyclic) bond motifs is 1. The van der Waals surface area contributed by atoms with Crippen LogP contribution >= 0.6 is 0 Å². The largest absolute Gasteiger partial charge is 0.507 e. The number of nitrogens with zero attached hydrogens (tertiary/aromatic N) is 1. The van der Waals surface area contributed by atoms with E-state index >= 15 is 0 Å². The predicted octanol–water partition coefficient (Wildman–Crippen LogP) is 3.09. The zero-order chi connectivity index (χ0) is 18.4. The van der Waals surface area contributed by atoms with Crippen molar-refractivity contribution in [1.82, 2.24) is 4.57 Å². The average molecular weight is 336 g/mol. The quantitative estimate of drug-likeness (QED) is 0.754. The highest BCUT2D eigenvalue weighted by Crippen LogP contribution is 2.27. The standard InChI is InChI=1S/C20H20N2O3/c1-20(2,3)12-6-4-7-13(10-12)22-11-14(19(21)25)18(24)17-15(22)8-5-9-16(17)23/h4-11,23H,1-3H3,(H2,21,25). The third kappa shape index (κ3) is 2.89. The lowest BCUT2D eigenvalue weighted by molar-refractivity contribution is 0.0999. The van der Waals surface area contributed by atoms with Gasteiger partial charge in [0.2, 0.25) is 5.43 Å². The van der Waals surface area contributed by atoms with Crippen molar-refractivity contribution in [2.24, 2.45) is 5.73 Å². The molecule has 3 N–H and O–H groups in total. The molecule has 0 fully saturated rings. The van der Waals surface area contributed by atoms with E-state index in [0.717, 1.165) is 11.3 Å². The van der Waals surface area contributed by atoms with Gasteiger partial charge in [-0.05, 0) is 35.2 Å². The summed E-state index contributed by atoms with van der Waals surface area (Å²) in [5.74, 6) is -0.998. The van der Waals surface area contributed by atoms with Gasteiger partial charge >= 0.3 is 0 Å². The van der Waals surface area contributed by atoms with Crippen molar-refractivity contribution in [2.45, 2.75) is 26.2 Å². The number of phenols is 1. The fourth-order valence-electron chi connectivity index (χ4n) is 2.87. The molecule has 5 heteroatoms. The number of carbonyl (C=O) groups excluding carboxylic acids is 1. The minimum atomic E-state index is -0.823. The highest BCUT2D eigenvalue weighted by molar-refractivity contribution is 5.98. The number of aromatic hydroxyl groups is 1. The van der Waals surface area contributed by atoms with Crippen LogP contribution in [0.15, 0.2) is 53.5 Å². The number of rotatable bonds is 2. The average Bonchev–Trinajstić information content (AvgIpc) is 2.54. The monoisotopic (exact) mass is 336 g/mol. The Balaban J connectivity index is 2.41. The van der Waals surface area contributed by atoms with Crippen molar-refractivity contribution >= 4 is 16.8 Å². The molecule has 0 saturated heterocycles. The van der Waals surface area contributed by atoms with E-state index in [1.54, 1.807) is 16.7 Å². The molecule has 2 aromatic carbocycles. The van der Waals surface area contributed by atoms with Crippen LogP contribution in [-0.4, -0.2) is 15.6 Å². The van der Waals surface area contributed by atoms with E-state index in [1.165, 1.54) is 12.3 Å². The Bertz CT molecular complexity index is 1040. The topological polar surface area (TPSA) is 85.3 Å². The maximum Gasteiger partial charge on any atom is 0.254 e. The first-order chi connectivity index (χ1) is 11.7. The lowest BCUT2D eigenvalue weighted by Crippen LogP contribution is -2.24. The third-order valence-electron chi connectivity index (χ3n) is 4.27. The van der Waals surface area contributed by atoms with Crippen LogP contribution in [0, 0.1) is 0 Å². The number of amides is 1. The second-order valence-electron chi connectivity index (χ2n) is 7.08. The van der Waals surface area contributed by atoms with Crippen LogP contribution in [0.2, 0.25) is 0 Å². The fraction of sp³-hybridized carbons (Fsp3) is 0.200. The predicted molar refractivity (Wildman–Crippen MR) is 98.4 cm³/mol. The molecule has 0 spiro atoms. The summed E-state index contributed by atoms with van der Waals surface area (Å²) >= 11 is 0. The van der Waals surface area contributed by atoms with Crippen LogP contribution in [0.3, 0.4) is 0 Å². The van der Waals surface area contributed by atoms with Crippen molar-refractivity contribution in [3.63, 3.8) is 0 Å². The SMILES string of the molecule is CC(C)(C)c1cccc(-n2cc(C(N)=O)c(=O)c3c(O)cccc32)c1. The molecule has 3 rings (SSSR count). The van der Waals surface area contributed by atoms with E-state index in [-0.39, 0.29) is 22.1 Å². The Morgan fingerprint density at radius 2 is 1.80 bits per heavy atom. The molecule has 0 bridgehead atoms. The molecule has 0 aliphatic heterocycles. The van der Waals surface area contributed by atoms with Crippen LogP contribution in [0.5, 0.6) is 5.75 Å². The first-order valence-corrected chi connectivity index (χ1v) is 7.98. The van der Waals surface area contributed by atoms with Crippen LogP contribution in [-0.2, 0) is 5.41 Å². The highest BCUT2D eigenvalue weighted by atomic mass is 16.3. The maximum absolute atomic E-state index is 12.5. The van der Waals surface area contributed by atoms with Gasteiger partial charge in [0, 0.05) is 11.9 Å². The highest BCUT2D eigenvalue weighted by Gasteiger charge is 2.18. The normalized spacial score (nSPS) is 11.6. The number of phenolic OH excluding ortho intramolecular Hbond substituents is 1. The number of primary amides is 1. The van der Waals surface area contributed by atoms with Gasteiger partial charge in [-0.15, -0.1) is 0 Å². The first-order valence-electron chi connectivity index (χ1n) is 7.98. The Kier molecular flexibility index (Phi) is 3.87. The van der Waals surface area contributed by atoms with Crippen LogP contribution in [0.4, 0.5) is 0 Å². The van der Waals surface area contributed by atoms with Crippen molar-refractivity contribution in [3.05, 3.63) is 70.0 Å². The van der Waals surface area contributed by atoms with Crippen LogP contribution in [0.1, 0.15) is 36.7 Å². The minimum Gasteiger partial charge on any atom is -0.507 e. The van der Waals surface area contributed by atoms with E-state index in [4.69, 9.17) is 5.73 Å². The van der Waals surface area contributed by atoms with Gasteiger partial charge in [-0.1, -0.05) is 39.0 Å². The van der Waals surface area contributed by atoms with Gasteiger partial charge in [-0.25, -0.2) is 0 Å². The Hall–Kier alpha value is -3.08. The molecule has 0 aliphatic rings. The molecule has 1 amide bonds. The lowest BCUT2D eigenvalue weighted by Gasteiger charge is -2.21. The number of hydrogen-bond donors (Lipinski definition) is 2. The Morgan fingerprint density at radius 3 is 2.44 bits per heavy atom. The van der Waals surface area contributed by atoms with Gasteiger partial charge < -0.3 is 15.4 Å². The van der Waals surface area contributed by atoms with Gasteiger partial charge in [-0.2, -0.15) is 0 Å². The molecule has 0 radical (unpaired) electrons. The number of pyridine rings is 1. The molecule has 1 heterocycles. The van der Waals surface area contributed by atoms with E-state index in [0.29, 0.717) is 5.52 Å². The summed E-state index contributed by atoms with van der Waals surface area (Å²) < 4.78 is 1.71. The summed E-state index contributed by atoms with van der Waals surface area (Å²) in [7, 11) is 0. The zero-order valence-electron chi connectivity index (χ0n) is 14.4. The summed E-state index contributed by atoms with van der Waals surface area (Å²) in [6.07, 6.45) is 1.44. The van der Waals surface area contributed by atoms with Crippen molar-refractivity contribution in [3.8, 4) is 11.4 Å². The molecule has 5 nitrogen and oxygen atoms in total. The molecule has 25 heavy (non-hydrogen) atoms. The number of hydrogen-bond acceptors (Lipinski definition) is 3. The maximum atomic E-state index is 12.5. The number of benzene rings is 2. The third-order valence-corrected chi connectivity index (χ3v) is 4.27. The molecule has 0 saturated carbocycles. The van der Waals surface area contributed by atoms with Crippen LogP contribution in [0.25, 0.3) is 16.6 Å². The molecular formula is C20H20N2O3. The van der Waals surface area contributed by atoms with E-state index < -0.39 is 11.3 Å². The lowest BCUT2D eigenvalue weighted by atomic mass is 9.87. The van der Waals surface area contributed by atoms with E-state index in [2.05, 4.69) is 20.8 Å². The van der Waals surface area contributed by atoms with Gasteiger partial charge in [0.15, 0.2) is 0 Å². The van der Waals surface area contributed by atoms with E-state index in [1.807, 2.05) is 24.3 Å². The summed E-state index contributed by atoms with van der Waals surface area (Å²) in [5.41, 5.74) is 7.00. The number of aromatic nitrogens is 1. The molecule has 0 atom stereocenters. The molecule has 1 aromatic heterocycles. The van der Waals surface area contributed by atoms with Gasteiger partial charge in [0.1, 0.15) is 11.3 Å². The van der Waals surface area contributed by atoms with Gasteiger partial charge in [0.05, 0.1) is 10.9 Å². The second-order valence-corrected chi connectivity index (χ2v) is 7.08. The van der Waals surface area contributed by atoms with Crippen LogP contribution < -0.4 is 11.2 Å². The number of nitrogens with two attached hydrogens (primary N) is 1. The van der Waals surface area contributed by atoms with Crippen molar-refractivity contribution in [1.29, 1.82) is 0 Å². The smallest absolute Gasteiger partial charge is 0.254 e. The first kappa shape index (κ1) is 16.8. The Labute approximate surface area is 145 Å².